The fraction of sp³-hybridized carbons (Fsp3) is 0.0625. The highest BCUT2D eigenvalue weighted by molar-refractivity contribution is 9.10. The smallest absolute Gasteiger partial charge is 0.119 e. The van der Waals surface area contributed by atoms with Crippen molar-refractivity contribution in [2.45, 2.75) is 0 Å². The maximum atomic E-state index is 6.54. The molecule has 3 rings (SSSR count). The first-order valence-corrected chi connectivity index (χ1v) is 7.24. The van der Waals surface area contributed by atoms with Crippen molar-refractivity contribution in [3.8, 4) is 16.9 Å². The van der Waals surface area contributed by atoms with Crippen LogP contribution in [0.25, 0.3) is 22.0 Å². The molecule has 0 aliphatic rings. The Bertz CT molecular complexity index is 771. The summed E-state index contributed by atoms with van der Waals surface area (Å²) in [6, 6.07) is 13.7. The predicted octanol–water partition coefficient (Wildman–Crippen LogP) is 5.33. The van der Waals surface area contributed by atoms with Gasteiger partial charge in [-0.15, -0.1) is 0 Å². The van der Waals surface area contributed by atoms with Gasteiger partial charge in [-0.3, -0.25) is 4.98 Å². The summed E-state index contributed by atoms with van der Waals surface area (Å²) in [6.07, 6.45) is 1.81. The molecule has 4 heteroatoms. The molecule has 0 bridgehead atoms. The molecule has 20 heavy (non-hydrogen) atoms. The molecule has 1 aromatic heterocycles. The van der Waals surface area contributed by atoms with Crippen LogP contribution in [0.2, 0.25) is 5.02 Å². The average Bonchev–Trinajstić information content (AvgIpc) is 2.49. The van der Waals surface area contributed by atoms with Crippen molar-refractivity contribution in [1.82, 2.24) is 4.98 Å². The highest BCUT2D eigenvalue weighted by Crippen LogP contribution is 2.34. The highest BCUT2D eigenvalue weighted by Gasteiger charge is 2.09. The maximum absolute atomic E-state index is 6.54. The molecule has 2 nitrogen and oxygen atoms in total. The number of pyridine rings is 1. The second-order valence-electron chi connectivity index (χ2n) is 4.38. The van der Waals surface area contributed by atoms with E-state index in [1.165, 1.54) is 0 Å². The minimum Gasteiger partial charge on any atom is -0.497 e. The Morgan fingerprint density at radius 3 is 2.55 bits per heavy atom. The Balaban J connectivity index is 2.21. The average molecular weight is 349 g/mol. The van der Waals surface area contributed by atoms with Crippen molar-refractivity contribution < 1.29 is 4.74 Å². The summed E-state index contributed by atoms with van der Waals surface area (Å²) in [6.45, 7) is 0. The molecule has 0 unspecified atom stereocenters. The molecular formula is C16H11BrClNO. The molecule has 3 aromatic rings. The van der Waals surface area contributed by atoms with Crippen molar-refractivity contribution >= 4 is 38.4 Å². The highest BCUT2D eigenvalue weighted by atomic mass is 79.9. The Hall–Kier alpha value is -1.58. The van der Waals surface area contributed by atoms with Gasteiger partial charge >= 0.3 is 0 Å². The molecule has 0 saturated carbocycles. The molecule has 0 fully saturated rings. The van der Waals surface area contributed by atoms with Gasteiger partial charge in [-0.2, -0.15) is 0 Å². The normalized spacial score (nSPS) is 10.8. The van der Waals surface area contributed by atoms with Gasteiger partial charge in [-0.25, -0.2) is 0 Å². The van der Waals surface area contributed by atoms with Gasteiger partial charge in [-0.1, -0.05) is 39.7 Å². The van der Waals surface area contributed by atoms with Gasteiger partial charge in [0.1, 0.15) is 5.75 Å². The molecule has 1 heterocycles. The summed E-state index contributed by atoms with van der Waals surface area (Å²) in [7, 11) is 1.64. The van der Waals surface area contributed by atoms with Gasteiger partial charge in [0.15, 0.2) is 0 Å². The largest absolute Gasteiger partial charge is 0.497 e. The molecule has 0 spiro atoms. The number of aromatic nitrogens is 1. The van der Waals surface area contributed by atoms with E-state index >= 15 is 0 Å². The standard InChI is InChI=1S/C16H11BrClNO/c1-20-12-6-7-15-13(8-12)16(18)14(9-19-15)10-2-4-11(17)5-3-10/h2-9H,1H3. The molecule has 0 aliphatic carbocycles. The summed E-state index contributed by atoms with van der Waals surface area (Å²) >= 11 is 9.97. The van der Waals surface area contributed by atoms with Crippen molar-refractivity contribution in [3.05, 3.63) is 58.2 Å². The minimum atomic E-state index is 0.691. The number of halogens is 2. The van der Waals surface area contributed by atoms with Crippen LogP contribution in [-0.2, 0) is 0 Å². The quantitative estimate of drug-likeness (QED) is 0.625. The van der Waals surface area contributed by atoms with Crippen LogP contribution in [0.15, 0.2) is 53.1 Å². The molecule has 0 saturated heterocycles. The van der Waals surface area contributed by atoms with E-state index in [2.05, 4.69) is 20.9 Å². The van der Waals surface area contributed by atoms with Gasteiger partial charge in [0.25, 0.3) is 0 Å². The lowest BCUT2D eigenvalue weighted by Crippen LogP contribution is -1.88. The summed E-state index contributed by atoms with van der Waals surface area (Å²) < 4.78 is 6.28. The summed E-state index contributed by atoms with van der Waals surface area (Å²) in [5.74, 6) is 0.772. The van der Waals surface area contributed by atoms with Gasteiger partial charge < -0.3 is 4.74 Å². The number of nitrogens with zero attached hydrogens (tertiary/aromatic N) is 1. The SMILES string of the molecule is COc1ccc2ncc(-c3ccc(Br)cc3)c(Cl)c2c1. The van der Waals surface area contributed by atoms with Gasteiger partial charge in [0.2, 0.25) is 0 Å². The topological polar surface area (TPSA) is 22.1 Å². The van der Waals surface area contributed by atoms with Gasteiger partial charge in [-0.05, 0) is 35.9 Å². The summed E-state index contributed by atoms with van der Waals surface area (Å²) in [4.78, 5) is 4.46. The van der Waals surface area contributed by atoms with E-state index in [1.807, 2.05) is 42.5 Å². The maximum Gasteiger partial charge on any atom is 0.119 e. The molecular weight excluding hydrogens is 338 g/mol. The van der Waals surface area contributed by atoms with Crippen LogP contribution in [0.5, 0.6) is 5.75 Å². The van der Waals surface area contributed by atoms with Crippen LogP contribution in [0.3, 0.4) is 0 Å². The molecule has 0 N–H and O–H groups in total. The first-order chi connectivity index (χ1) is 9.69. The van der Waals surface area contributed by atoms with Crippen molar-refractivity contribution in [2.24, 2.45) is 0 Å². The van der Waals surface area contributed by atoms with E-state index in [0.29, 0.717) is 5.02 Å². The third kappa shape index (κ3) is 2.39. The van der Waals surface area contributed by atoms with E-state index in [-0.39, 0.29) is 0 Å². The Morgan fingerprint density at radius 1 is 1.10 bits per heavy atom. The first-order valence-electron chi connectivity index (χ1n) is 6.07. The molecule has 0 radical (unpaired) electrons. The fourth-order valence-corrected chi connectivity index (χ4v) is 2.67. The van der Waals surface area contributed by atoms with Crippen LogP contribution < -0.4 is 4.74 Å². The zero-order chi connectivity index (χ0) is 14.1. The zero-order valence-electron chi connectivity index (χ0n) is 10.7. The lowest BCUT2D eigenvalue weighted by atomic mass is 10.1. The van der Waals surface area contributed by atoms with E-state index in [0.717, 1.165) is 32.3 Å². The number of ether oxygens (including phenoxy) is 1. The van der Waals surface area contributed by atoms with Crippen LogP contribution in [0.4, 0.5) is 0 Å². The number of rotatable bonds is 2. The van der Waals surface area contributed by atoms with E-state index in [9.17, 15) is 0 Å². The zero-order valence-corrected chi connectivity index (χ0v) is 13.1. The molecule has 0 aliphatic heterocycles. The van der Waals surface area contributed by atoms with Crippen LogP contribution >= 0.6 is 27.5 Å². The van der Waals surface area contributed by atoms with Crippen molar-refractivity contribution in [3.63, 3.8) is 0 Å². The third-order valence-electron chi connectivity index (χ3n) is 3.16. The predicted molar refractivity (Wildman–Crippen MR) is 86.4 cm³/mol. The lowest BCUT2D eigenvalue weighted by molar-refractivity contribution is 0.415. The van der Waals surface area contributed by atoms with Crippen molar-refractivity contribution in [2.75, 3.05) is 7.11 Å². The monoisotopic (exact) mass is 347 g/mol. The Labute approximate surface area is 130 Å². The summed E-state index contributed by atoms with van der Waals surface area (Å²) in [5.41, 5.74) is 2.81. The number of hydrogen-bond donors (Lipinski definition) is 0. The molecule has 2 aromatic carbocycles. The number of hydrogen-bond acceptors (Lipinski definition) is 2. The van der Waals surface area contributed by atoms with E-state index in [4.69, 9.17) is 16.3 Å². The van der Waals surface area contributed by atoms with E-state index in [1.54, 1.807) is 13.3 Å². The molecule has 0 atom stereocenters. The van der Waals surface area contributed by atoms with Crippen LogP contribution in [-0.4, -0.2) is 12.1 Å². The van der Waals surface area contributed by atoms with E-state index < -0.39 is 0 Å². The lowest BCUT2D eigenvalue weighted by Gasteiger charge is -2.09. The fourth-order valence-electron chi connectivity index (χ4n) is 2.10. The Kier molecular flexibility index (Phi) is 3.64. The van der Waals surface area contributed by atoms with Crippen molar-refractivity contribution in [1.29, 1.82) is 0 Å². The second-order valence-corrected chi connectivity index (χ2v) is 5.67. The summed E-state index contributed by atoms with van der Waals surface area (Å²) in [5, 5.41) is 1.59. The minimum absolute atomic E-state index is 0.691. The van der Waals surface area contributed by atoms with Crippen LogP contribution in [0.1, 0.15) is 0 Å². The first kappa shape index (κ1) is 13.4. The van der Waals surface area contributed by atoms with Crippen LogP contribution in [0, 0.1) is 0 Å². The number of benzene rings is 2. The number of methoxy groups -OCH3 is 1. The van der Waals surface area contributed by atoms with Gasteiger partial charge in [0.05, 0.1) is 17.6 Å². The molecule has 100 valence electrons. The third-order valence-corrected chi connectivity index (χ3v) is 4.10. The second kappa shape index (κ2) is 5.43. The number of fused-ring (bicyclic) bond motifs is 1. The Morgan fingerprint density at radius 2 is 1.85 bits per heavy atom. The molecule has 0 amide bonds. The van der Waals surface area contributed by atoms with Gasteiger partial charge in [0, 0.05) is 21.6 Å².